The molecule has 30 heavy (non-hydrogen) atoms. The summed E-state index contributed by atoms with van der Waals surface area (Å²) in [5.74, 6) is -0.384. The van der Waals surface area contributed by atoms with Gasteiger partial charge in [-0.1, -0.05) is 36.4 Å². The molecule has 0 aliphatic carbocycles. The number of sulfonamides is 1. The average Bonchev–Trinajstić information content (AvgIpc) is 2.73. The molecule has 5 N–H and O–H groups in total. The van der Waals surface area contributed by atoms with Crippen LogP contribution in [-0.2, 0) is 16.6 Å². The number of nitrogen functional groups attached to an aromatic ring is 1. The van der Waals surface area contributed by atoms with Gasteiger partial charge in [-0.25, -0.2) is 0 Å². The number of hydrogen-bond donors (Lipinski definition) is 3. The van der Waals surface area contributed by atoms with Gasteiger partial charge in [0.25, 0.3) is 15.9 Å². The average molecular weight is 421 g/mol. The van der Waals surface area contributed by atoms with Crippen LogP contribution in [0.1, 0.15) is 15.9 Å². The Balaban J connectivity index is 1.54. The maximum Gasteiger partial charge on any atom is 0.287 e. The molecule has 0 bridgehead atoms. The molecule has 1 amide bonds. The number of guanidine groups is 1. The molecule has 0 radical (unpaired) electrons. The van der Waals surface area contributed by atoms with Crippen molar-refractivity contribution in [2.24, 2.45) is 10.1 Å². The predicted molar refractivity (Wildman–Crippen MR) is 117 cm³/mol. The molecule has 0 aromatic heterocycles. The zero-order valence-electron chi connectivity index (χ0n) is 15.8. The molecule has 0 atom stereocenters. The van der Waals surface area contributed by atoms with Gasteiger partial charge < -0.3 is 21.7 Å². The molecule has 9 heteroatoms. The molecule has 1 aliphatic rings. The summed E-state index contributed by atoms with van der Waals surface area (Å²) in [4.78, 5) is 14.2. The molecular formula is C21H19N5O3S. The molecule has 0 fully saturated rings. The van der Waals surface area contributed by atoms with E-state index in [4.69, 9.17) is 11.5 Å². The van der Waals surface area contributed by atoms with Crippen LogP contribution in [0.25, 0.3) is 0 Å². The van der Waals surface area contributed by atoms with Crippen molar-refractivity contribution in [3.8, 4) is 0 Å². The van der Waals surface area contributed by atoms with Gasteiger partial charge in [0.05, 0.1) is 23.6 Å². The van der Waals surface area contributed by atoms with Gasteiger partial charge in [0.1, 0.15) is 4.90 Å². The summed E-state index contributed by atoms with van der Waals surface area (Å²) in [6, 6.07) is 20.5. The minimum absolute atomic E-state index is 0.102. The first kappa shape index (κ1) is 19.5. The lowest BCUT2D eigenvalue weighted by Gasteiger charge is -2.28. The lowest BCUT2D eigenvalue weighted by atomic mass is 10.1. The number of rotatable bonds is 4. The first-order chi connectivity index (χ1) is 14.3. The van der Waals surface area contributed by atoms with E-state index in [0.717, 1.165) is 5.56 Å². The number of benzene rings is 3. The van der Waals surface area contributed by atoms with Crippen molar-refractivity contribution in [3.63, 3.8) is 0 Å². The van der Waals surface area contributed by atoms with E-state index in [1.54, 1.807) is 71.6 Å². The summed E-state index contributed by atoms with van der Waals surface area (Å²) < 4.78 is 28.1. The third-order valence-corrected chi connectivity index (χ3v) is 6.02. The van der Waals surface area contributed by atoms with Crippen LogP contribution in [0.5, 0.6) is 0 Å². The fourth-order valence-corrected chi connectivity index (χ4v) is 4.30. The largest absolute Gasteiger partial charge is 0.397 e. The Bertz CT molecular complexity index is 1250. The molecule has 0 saturated heterocycles. The van der Waals surface area contributed by atoms with Crippen LogP contribution in [0.3, 0.4) is 0 Å². The van der Waals surface area contributed by atoms with E-state index in [-0.39, 0.29) is 16.8 Å². The van der Waals surface area contributed by atoms with E-state index in [1.807, 2.05) is 0 Å². The Hall–Kier alpha value is -3.85. The summed E-state index contributed by atoms with van der Waals surface area (Å²) in [6.45, 7) is 0.301. The van der Waals surface area contributed by atoms with Gasteiger partial charge in [0.2, 0.25) is 5.96 Å². The Morgan fingerprint density at radius 2 is 1.60 bits per heavy atom. The second-order valence-electron chi connectivity index (χ2n) is 6.72. The number of para-hydroxylation sites is 3. The number of hydrogen-bond acceptors (Lipinski definition) is 6. The molecule has 152 valence electrons. The topological polar surface area (TPSA) is 131 Å². The number of amides is 1. The first-order valence-corrected chi connectivity index (χ1v) is 10.5. The van der Waals surface area contributed by atoms with E-state index in [2.05, 4.69) is 9.71 Å². The Morgan fingerprint density at radius 1 is 0.933 bits per heavy atom. The third kappa shape index (κ3) is 3.70. The minimum Gasteiger partial charge on any atom is -0.397 e. The van der Waals surface area contributed by atoms with Gasteiger partial charge in [0, 0.05) is 5.56 Å². The van der Waals surface area contributed by atoms with E-state index in [1.165, 1.54) is 6.07 Å². The van der Waals surface area contributed by atoms with Crippen molar-refractivity contribution in [1.29, 1.82) is 0 Å². The summed E-state index contributed by atoms with van der Waals surface area (Å²) in [7, 11) is -3.81. The first-order valence-electron chi connectivity index (χ1n) is 9.07. The summed E-state index contributed by atoms with van der Waals surface area (Å²) in [5.41, 5.74) is 14.6. The van der Waals surface area contributed by atoms with Gasteiger partial charge in [-0.05, 0) is 42.0 Å². The number of nitrogens with one attached hydrogen (secondary N) is 1. The lowest BCUT2D eigenvalue weighted by molar-refractivity contribution is 0.102. The monoisotopic (exact) mass is 421 g/mol. The molecular weight excluding hydrogens is 402 g/mol. The van der Waals surface area contributed by atoms with Crippen molar-refractivity contribution in [3.05, 3.63) is 83.9 Å². The van der Waals surface area contributed by atoms with Gasteiger partial charge >= 0.3 is 0 Å². The van der Waals surface area contributed by atoms with Gasteiger partial charge in [-0.3, -0.25) is 4.79 Å². The van der Waals surface area contributed by atoms with Crippen molar-refractivity contribution in [2.45, 2.75) is 11.4 Å². The van der Waals surface area contributed by atoms with Crippen molar-refractivity contribution < 1.29 is 13.2 Å². The summed E-state index contributed by atoms with van der Waals surface area (Å²) >= 11 is 0. The zero-order valence-corrected chi connectivity index (χ0v) is 16.6. The van der Waals surface area contributed by atoms with Crippen LogP contribution in [0, 0.1) is 0 Å². The fraction of sp³-hybridized carbons (Fsp3) is 0.0476. The van der Waals surface area contributed by atoms with E-state index in [0.29, 0.717) is 29.2 Å². The highest BCUT2D eigenvalue weighted by Gasteiger charge is 2.29. The van der Waals surface area contributed by atoms with Crippen molar-refractivity contribution >= 4 is 39.0 Å². The van der Waals surface area contributed by atoms with Crippen LogP contribution < -0.4 is 21.7 Å². The summed E-state index contributed by atoms with van der Waals surface area (Å²) in [6.07, 6.45) is 0. The molecule has 1 heterocycles. The maximum atomic E-state index is 12.5. The molecule has 3 aromatic carbocycles. The van der Waals surface area contributed by atoms with E-state index in [9.17, 15) is 13.2 Å². The zero-order chi connectivity index (χ0) is 21.3. The Morgan fingerprint density at radius 3 is 2.33 bits per heavy atom. The number of carbonyl (C=O) groups excluding carboxylic acids is 1. The Labute approximate surface area is 173 Å². The maximum absolute atomic E-state index is 12.5. The highest BCUT2D eigenvalue weighted by molar-refractivity contribution is 7.90. The number of nitrogens with zero attached hydrogens (tertiary/aromatic N) is 2. The molecule has 0 saturated carbocycles. The molecule has 3 aromatic rings. The van der Waals surface area contributed by atoms with E-state index < -0.39 is 10.0 Å². The van der Waals surface area contributed by atoms with E-state index >= 15 is 0 Å². The number of nitrogens with two attached hydrogens (primary N) is 2. The summed E-state index contributed by atoms with van der Waals surface area (Å²) in [5, 5.41) is 2.78. The number of fused-ring (bicyclic) bond motifs is 1. The predicted octanol–water partition coefficient (Wildman–Crippen LogP) is 2.54. The quantitative estimate of drug-likeness (QED) is 0.555. The van der Waals surface area contributed by atoms with Gasteiger partial charge in [-0.15, -0.1) is 4.40 Å². The van der Waals surface area contributed by atoms with Crippen LogP contribution in [-0.4, -0.2) is 20.3 Å². The number of anilines is 3. The van der Waals surface area contributed by atoms with Crippen LogP contribution in [0.15, 0.2) is 82.1 Å². The Kier molecular flexibility index (Phi) is 4.88. The van der Waals surface area contributed by atoms with Crippen molar-refractivity contribution in [1.82, 2.24) is 0 Å². The molecule has 8 nitrogen and oxygen atoms in total. The highest BCUT2D eigenvalue weighted by Crippen LogP contribution is 2.31. The molecule has 4 rings (SSSR count). The SMILES string of the molecule is NC1=NS(=O)(=O)c2ccccc2N1Cc1ccc(C(=O)Nc2ccccc2N)cc1. The third-order valence-electron chi connectivity index (χ3n) is 4.69. The van der Waals surface area contributed by atoms with Gasteiger partial charge in [-0.2, -0.15) is 8.42 Å². The molecule has 0 spiro atoms. The second kappa shape index (κ2) is 7.53. The van der Waals surface area contributed by atoms with Crippen LogP contribution in [0.2, 0.25) is 0 Å². The fourth-order valence-electron chi connectivity index (χ4n) is 3.16. The molecule has 1 aliphatic heterocycles. The standard InChI is InChI=1S/C21H19N5O3S/c22-16-5-1-2-6-17(16)24-20(27)15-11-9-14(10-12-15)13-26-18-7-3-4-8-19(18)30(28,29)25-21(26)23/h1-12H,13,22H2,(H2,23,25)(H,24,27). The smallest absolute Gasteiger partial charge is 0.287 e. The second-order valence-corrected chi connectivity index (χ2v) is 8.29. The van der Waals surface area contributed by atoms with Crippen LogP contribution >= 0.6 is 0 Å². The lowest BCUT2D eigenvalue weighted by Crippen LogP contribution is -2.40. The molecule has 0 unspecified atom stereocenters. The van der Waals surface area contributed by atoms with Gasteiger partial charge in [0.15, 0.2) is 0 Å². The van der Waals surface area contributed by atoms with Crippen LogP contribution in [0.4, 0.5) is 17.1 Å². The highest BCUT2D eigenvalue weighted by atomic mass is 32.2. The normalized spacial score (nSPS) is 14.5. The van der Waals surface area contributed by atoms with Crippen molar-refractivity contribution in [2.75, 3.05) is 16.0 Å². The number of carbonyl (C=O) groups is 1. The minimum atomic E-state index is -3.81.